The lowest BCUT2D eigenvalue weighted by Crippen LogP contribution is -2.07. The molecule has 106 valence electrons. The standard InChI is InChI=1S/C15H14BrClFNO/c1-9(10-3-6-13(17)14(18)7-10)19-15-8-11(20-2)4-5-12(15)16/h3-9,19H,1-2H3. The zero-order chi connectivity index (χ0) is 14.7. The lowest BCUT2D eigenvalue weighted by molar-refractivity contribution is 0.415. The minimum Gasteiger partial charge on any atom is -0.497 e. The van der Waals surface area contributed by atoms with Crippen molar-refractivity contribution in [3.8, 4) is 5.75 Å². The molecule has 0 amide bonds. The van der Waals surface area contributed by atoms with Gasteiger partial charge >= 0.3 is 0 Å². The molecule has 0 aliphatic rings. The Morgan fingerprint density at radius 1 is 1.25 bits per heavy atom. The molecule has 0 heterocycles. The molecule has 1 unspecified atom stereocenters. The van der Waals surface area contributed by atoms with Gasteiger partial charge in [-0.05, 0) is 52.7 Å². The molecule has 0 aliphatic carbocycles. The summed E-state index contributed by atoms with van der Waals surface area (Å²) in [5.74, 6) is 0.340. The van der Waals surface area contributed by atoms with E-state index in [-0.39, 0.29) is 11.1 Å². The van der Waals surface area contributed by atoms with Crippen molar-refractivity contribution >= 4 is 33.2 Å². The quantitative estimate of drug-likeness (QED) is 0.787. The van der Waals surface area contributed by atoms with Crippen LogP contribution in [0.5, 0.6) is 5.75 Å². The van der Waals surface area contributed by atoms with Crippen LogP contribution in [0.15, 0.2) is 40.9 Å². The Hall–Kier alpha value is -1.26. The van der Waals surface area contributed by atoms with Crippen LogP contribution in [-0.2, 0) is 0 Å². The minimum absolute atomic E-state index is 0.0647. The lowest BCUT2D eigenvalue weighted by atomic mass is 10.1. The summed E-state index contributed by atoms with van der Waals surface area (Å²) >= 11 is 9.16. The third kappa shape index (κ3) is 3.44. The van der Waals surface area contributed by atoms with Crippen LogP contribution in [0.3, 0.4) is 0 Å². The summed E-state index contributed by atoms with van der Waals surface area (Å²) in [6.45, 7) is 1.95. The first-order valence-corrected chi connectivity index (χ1v) is 7.23. The second-order valence-electron chi connectivity index (χ2n) is 4.39. The van der Waals surface area contributed by atoms with Gasteiger partial charge in [0.1, 0.15) is 11.6 Å². The fraction of sp³-hybridized carbons (Fsp3) is 0.200. The third-order valence-corrected chi connectivity index (χ3v) is 3.99. The average molecular weight is 359 g/mol. The van der Waals surface area contributed by atoms with Crippen molar-refractivity contribution in [3.05, 3.63) is 57.3 Å². The predicted octanol–water partition coefficient (Wildman–Crippen LogP) is 5.42. The van der Waals surface area contributed by atoms with Crippen LogP contribution < -0.4 is 10.1 Å². The van der Waals surface area contributed by atoms with Gasteiger partial charge < -0.3 is 10.1 Å². The first kappa shape index (κ1) is 15.1. The molecule has 20 heavy (non-hydrogen) atoms. The summed E-state index contributed by atoms with van der Waals surface area (Å²) in [6.07, 6.45) is 0. The fourth-order valence-corrected chi connectivity index (χ4v) is 2.32. The van der Waals surface area contributed by atoms with Gasteiger partial charge in [-0.1, -0.05) is 17.7 Å². The number of anilines is 1. The molecule has 2 aromatic carbocycles. The molecule has 0 radical (unpaired) electrons. The van der Waals surface area contributed by atoms with E-state index in [1.807, 2.05) is 25.1 Å². The SMILES string of the molecule is COc1ccc(Br)c(NC(C)c2ccc(Cl)c(F)c2)c1. The van der Waals surface area contributed by atoms with Crippen molar-refractivity contribution in [1.82, 2.24) is 0 Å². The number of halogens is 3. The number of methoxy groups -OCH3 is 1. The van der Waals surface area contributed by atoms with Gasteiger partial charge in [-0.3, -0.25) is 0 Å². The fourth-order valence-electron chi connectivity index (χ4n) is 1.84. The van der Waals surface area contributed by atoms with E-state index in [4.69, 9.17) is 16.3 Å². The summed E-state index contributed by atoms with van der Waals surface area (Å²) < 4.78 is 19.6. The molecule has 1 N–H and O–H groups in total. The van der Waals surface area contributed by atoms with Crippen LogP contribution in [0.25, 0.3) is 0 Å². The van der Waals surface area contributed by atoms with Gasteiger partial charge in [0.25, 0.3) is 0 Å². The summed E-state index contributed by atoms with van der Waals surface area (Å²) in [7, 11) is 1.62. The normalized spacial score (nSPS) is 12.1. The maximum atomic E-state index is 13.5. The summed E-state index contributed by atoms with van der Waals surface area (Å²) in [5, 5.41) is 3.44. The maximum absolute atomic E-state index is 13.5. The van der Waals surface area contributed by atoms with Crippen molar-refractivity contribution in [2.24, 2.45) is 0 Å². The van der Waals surface area contributed by atoms with E-state index in [9.17, 15) is 4.39 Å². The van der Waals surface area contributed by atoms with Gasteiger partial charge in [-0.15, -0.1) is 0 Å². The number of hydrogen-bond donors (Lipinski definition) is 1. The first-order chi connectivity index (χ1) is 9.51. The highest BCUT2D eigenvalue weighted by molar-refractivity contribution is 9.10. The van der Waals surface area contributed by atoms with Gasteiger partial charge in [0.2, 0.25) is 0 Å². The van der Waals surface area contributed by atoms with Crippen molar-refractivity contribution < 1.29 is 9.13 Å². The number of nitrogens with one attached hydrogen (secondary N) is 1. The number of rotatable bonds is 4. The predicted molar refractivity (Wildman–Crippen MR) is 84.1 cm³/mol. The van der Waals surface area contributed by atoms with Crippen molar-refractivity contribution in [1.29, 1.82) is 0 Å². The molecule has 0 fully saturated rings. The highest BCUT2D eigenvalue weighted by atomic mass is 79.9. The van der Waals surface area contributed by atoms with Crippen LogP contribution in [0.1, 0.15) is 18.5 Å². The average Bonchev–Trinajstić information content (AvgIpc) is 2.44. The molecular weight excluding hydrogens is 345 g/mol. The highest BCUT2D eigenvalue weighted by Crippen LogP contribution is 2.30. The molecule has 0 bridgehead atoms. The van der Waals surface area contributed by atoms with Gasteiger partial charge in [0, 0.05) is 16.6 Å². The van der Waals surface area contributed by atoms with E-state index in [1.54, 1.807) is 19.2 Å². The topological polar surface area (TPSA) is 21.3 Å². The van der Waals surface area contributed by atoms with E-state index in [0.717, 1.165) is 21.5 Å². The Morgan fingerprint density at radius 2 is 2.00 bits per heavy atom. The maximum Gasteiger partial charge on any atom is 0.142 e. The highest BCUT2D eigenvalue weighted by Gasteiger charge is 2.10. The molecule has 0 saturated heterocycles. The minimum atomic E-state index is -0.414. The molecule has 1 atom stereocenters. The van der Waals surface area contributed by atoms with Crippen LogP contribution in [0.4, 0.5) is 10.1 Å². The number of ether oxygens (including phenoxy) is 1. The van der Waals surface area contributed by atoms with Crippen molar-refractivity contribution in [3.63, 3.8) is 0 Å². The van der Waals surface area contributed by atoms with Crippen LogP contribution in [-0.4, -0.2) is 7.11 Å². The molecule has 2 aromatic rings. The number of benzene rings is 2. The zero-order valence-electron chi connectivity index (χ0n) is 11.1. The monoisotopic (exact) mass is 357 g/mol. The van der Waals surface area contributed by atoms with Crippen LogP contribution >= 0.6 is 27.5 Å². The molecule has 0 aromatic heterocycles. The Kier molecular flexibility index (Phi) is 4.89. The lowest BCUT2D eigenvalue weighted by Gasteiger charge is -2.18. The summed E-state index contributed by atoms with van der Waals surface area (Å²) in [5.41, 5.74) is 1.70. The molecule has 0 saturated carbocycles. The molecule has 2 rings (SSSR count). The van der Waals surface area contributed by atoms with Crippen LogP contribution in [0.2, 0.25) is 5.02 Å². The summed E-state index contributed by atoms with van der Waals surface area (Å²) in [4.78, 5) is 0. The summed E-state index contributed by atoms with van der Waals surface area (Å²) in [6, 6.07) is 10.4. The zero-order valence-corrected chi connectivity index (χ0v) is 13.4. The van der Waals surface area contributed by atoms with Gasteiger partial charge in [-0.25, -0.2) is 4.39 Å². The molecule has 5 heteroatoms. The molecular formula is C15H14BrClFNO. The molecule has 0 spiro atoms. The van der Waals surface area contributed by atoms with E-state index in [0.29, 0.717) is 0 Å². The Labute approximate surface area is 131 Å². The molecule has 2 nitrogen and oxygen atoms in total. The van der Waals surface area contributed by atoms with E-state index in [2.05, 4.69) is 21.2 Å². The van der Waals surface area contributed by atoms with E-state index >= 15 is 0 Å². The van der Waals surface area contributed by atoms with Gasteiger partial charge in [0.05, 0.1) is 17.8 Å². The first-order valence-electron chi connectivity index (χ1n) is 6.06. The number of hydrogen-bond acceptors (Lipinski definition) is 2. The van der Waals surface area contributed by atoms with Gasteiger partial charge in [-0.2, -0.15) is 0 Å². The Bertz CT molecular complexity index is 621. The smallest absolute Gasteiger partial charge is 0.142 e. The Morgan fingerprint density at radius 3 is 2.65 bits per heavy atom. The van der Waals surface area contributed by atoms with Crippen molar-refractivity contribution in [2.75, 3.05) is 12.4 Å². The van der Waals surface area contributed by atoms with Crippen LogP contribution in [0, 0.1) is 5.82 Å². The second kappa shape index (κ2) is 6.46. The van der Waals surface area contributed by atoms with Gasteiger partial charge in [0.15, 0.2) is 0 Å². The van der Waals surface area contributed by atoms with E-state index in [1.165, 1.54) is 6.07 Å². The van der Waals surface area contributed by atoms with E-state index < -0.39 is 5.82 Å². The third-order valence-electron chi connectivity index (χ3n) is 2.99. The van der Waals surface area contributed by atoms with Crippen molar-refractivity contribution in [2.45, 2.75) is 13.0 Å². The molecule has 0 aliphatic heterocycles. The largest absolute Gasteiger partial charge is 0.497 e. The Balaban J connectivity index is 2.22. The second-order valence-corrected chi connectivity index (χ2v) is 5.65.